The Morgan fingerprint density at radius 3 is 2.59 bits per heavy atom. The van der Waals surface area contributed by atoms with Crippen LogP contribution in [0.4, 0.5) is 5.69 Å². The highest BCUT2D eigenvalue weighted by atomic mass is 35.5. The molecule has 2 aliphatic rings. The van der Waals surface area contributed by atoms with Crippen LogP contribution in [0.15, 0.2) is 36.4 Å². The third-order valence-electron chi connectivity index (χ3n) is 5.75. The number of aliphatic carboxylic acids is 1. The van der Waals surface area contributed by atoms with Gasteiger partial charge in [-0.25, -0.2) is 4.79 Å². The molecule has 0 aliphatic carbocycles. The summed E-state index contributed by atoms with van der Waals surface area (Å²) in [6.45, 7) is -0.353. The van der Waals surface area contributed by atoms with Crippen molar-refractivity contribution in [1.82, 2.24) is 0 Å². The zero-order chi connectivity index (χ0) is 23.0. The second-order valence-electron chi connectivity index (χ2n) is 7.93. The normalized spacial score (nSPS) is 29.5. The Bertz CT molecular complexity index is 1000. The van der Waals surface area contributed by atoms with Gasteiger partial charge in [0.25, 0.3) is 0 Å². The first-order valence-corrected chi connectivity index (χ1v) is 10.5. The van der Waals surface area contributed by atoms with Gasteiger partial charge in [0.1, 0.15) is 36.3 Å². The van der Waals surface area contributed by atoms with Crippen LogP contribution < -0.4 is 10.1 Å². The number of hydrogen-bond donors (Lipinski definition) is 6. The molecule has 32 heavy (non-hydrogen) atoms. The third-order valence-corrected chi connectivity index (χ3v) is 6.12. The van der Waals surface area contributed by atoms with E-state index >= 15 is 0 Å². The van der Waals surface area contributed by atoms with E-state index in [1.165, 1.54) is 0 Å². The van der Waals surface area contributed by atoms with Crippen LogP contribution in [0, 0.1) is 0 Å². The summed E-state index contributed by atoms with van der Waals surface area (Å²) in [5.74, 6) is -0.586. The average molecular weight is 466 g/mol. The van der Waals surface area contributed by atoms with Crippen LogP contribution in [0.25, 0.3) is 0 Å². The van der Waals surface area contributed by atoms with Gasteiger partial charge in [0.2, 0.25) is 6.10 Å². The van der Waals surface area contributed by atoms with Gasteiger partial charge in [0.15, 0.2) is 0 Å². The maximum absolute atomic E-state index is 11.1. The van der Waals surface area contributed by atoms with E-state index in [0.29, 0.717) is 28.4 Å². The molecule has 4 rings (SSSR count). The number of fused-ring (bicyclic) bond motifs is 1. The van der Waals surface area contributed by atoms with Crippen LogP contribution in [-0.4, -0.2) is 75.2 Å². The fourth-order valence-corrected chi connectivity index (χ4v) is 4.15. The number of carbonyl (C=O) groups is 1. The lowest BCUT2D eigenvalue weighted by Crippen LogP contribution is -2.55. The number of halogens is 1. The Morgan fingerprint density at radius 2 is 1.88 bits per heavy atom. The fourth-order valence-electron chi connectivity index (χ4n) is 3.97. The number of nitrogens with one attached hydrogen (secondary N) is 1. The van der Waals surface area contributed by atoms with E-state index in [2.05, 4.69) is 5.32 Å². The maximum Gasteiger partial charge on any atom is 0.346 e. The molecule has 2 heterocycles. The summed E-state index contributed by atoms with van der Waals surface area (Å²) in [5.41, 5.74) is 2.86. The van der Waals surface area contributed by atoms with Gasteiger partial charge in [-0.3, -0.25) is 0 Å². The highest BCUT2D eigenvalue weighted by Gasteiger charge is 2.44. The molecular weight excluding hydrogens is 442 g/mol. The lowest BCUT2D eigenvalue weighted by Gasteiger charge is -2.40. The van der Waals surface area contributed by atoms with Gasteiger partial charge in [-0.15, -0.1) is 0 Å². The molecule has 0 bridgehead atoms. The molecule has 9 nitrogen and oxygen atoms in total. The summed E-state index contributed by atoms with van der Waals surface area (Å²) in [4.78, 5) is 11.1. The Labute approximate surface area is 188 Å². The van der Waals surface area contributed by atoms with E-state index in [1.807, 2.05) is 12.1 Å². The van der Waals surface area contributed by atoms with Crippen molar-refractivity contribution in [3.05, 3.63) is 58.1 Å². The number of carboxylic acids is 1. The van der Waals surface area contributed by atoms with Crippen molar-refractivity contribution in [3.63, 3.8) is 0 Å². The van der Waals surface area contributed by atoms with Gasteiger partial charge in [-0.1, -0.05) is 29.8 Å². The number of aliphatic hydroxyl groups is 4. The molecule has 10 heteroatoms. The minimum Gasteiger partial charge on any atom is -0.478 e. The topological polar surface area (TPSA) is 149 Å². The van der Waals surface area contributed by atoms with E-state index < -0.39 is 49.2 Å². The van der Waals surface area contributed by atoms with E-state index in [9.17, 15) is 25.2 Å². The Balaban J connectivity index is 1.56. The second kappa shape index (κ2) is 9.22. The number of anilines is 1. The van der Waals surface area contributed by atoms with Crippen molar-refractivity contribution in [1.29, 1.82) is 0 Å². The van der Waals surface area contributed by atoms with Crippen molar-refractivity contribution in [2.45, 2.75) is 43.0 Å². The van der Waals surface area contributed by atoms with Crippen LogP contribution in [0.1, 0.15) is 22.8 Å². The lowest BCUT2D eigenvalue weighted by molar-refractivity contribution is -0.231. The van der Waals surface area contributed by atoms with Crippen LogP contribution in [0.2, 0.25) is 5.02 Å². The molecule has 6 atom stereocenters. The highest BCUT2D eigenvalue weighted by Crippen LogP contribution is 2.35. The lowest BCUT2D eigenvalue weighted by atomic mass is 9.90. The third kappa shape index (κ3) is 4.40. The van der Waals surface area contributed by atoms with Crippen molar-refractivity contribution in [2.75, 3.05) is 18.5 Å². The van der Waals surface area contributed by atoms with E-state index in [1.54, 1.807) is 24.3 Å². The number of rotatable bonds is 5. The average Bonchev–Trinajstić information content (AvgIpc) is 2.79. The zero-order valence-corrected chi connectivity index (χ0v) is 17.6. The second-order valence-corrected chi connectivity index (χ2v) is 8.34. The minimum atomic E-state index is -1.47. The zero-order valence-electron chi connectivity index (χ0n) is 16.9. The molecule has 0 aromatic heterocycles. The Morgan fingerprint density at radius 1 is 1.09 bits per heavy atom. The predicted octanol–water partition coefficient (Wildman–Crippen LogP) is 0.703. The Kier molecular flexibility index (Phi) is 6.57. The molecule has 2 aliphatic heterocycles. The van der Waals surface area contributed by atoms with Crippen molar-refractivity contribution in [2.24, 2.45) is 0 Å². The van der Waals surface area contributed by atoms with E-state index in [4.69, 9.17) is 26.2 Å². The van der Waals surface area contributed by atoms with Gasteiger partial charge >= 0.3 is 5.97 Å². The van der Waals surface area contributed by atoms with E-state index in [-0.39, 0.29) is 6.54 Å². The number of aliphatic hydroxyl groups excluding tert-OH is 4. The van der Waals surface area contributed by atoms with Crippen LogP contribution in [0.3, 0.4) is 0 Å². The summed E-state index contributed by atoms with van der Waals surface area (Å²) in [5, 5.41) is 52.6. The van der Waals surface area contributed by atoms with Gasteiger partial charge < -0.3 is 40.3 Å². The van der Waals surface area contributed by atoms with Crippen LogP contribution in [0.5, 0.6) is 5.75 Å². The molecule has 0 spiro atoms. The van der Waals surface area contributed by atoms with Gasteiger partial charge in [-0.2, -0.15) is 0 Å². The molecule has 0 amide bonds. The van der Waals surface area contributed by atoms with Gasteiger partial charge in [0, 0.05) is 5.02 Å². The van der Waals surface area contributed by atoms with Gasteiger partial charge in [-0.05, 0) is 41.3 Å². The van der Waals surface area contributed by atoms with Gasteiger partial charge in [0.05, 0.1) is 18.8 Å². The fraction of sp³-hybridized carbons (Fsp3) is 0.409. The highest BCUT2D eigenvalue weighted by molar-refractivity contribution is 6.31. The summed E-state index contributed by atoms with van der Waals surface area (Å²) < 4.78 is 11.1. The molecule has 2 aromatic carbocycles. The molecule has 172 valence electrons. The van der Waals surface area contributed by atoms with Crippen molar-refractivity contribution in [3.8, 4) is 5.75 Å². The number of benzene rings is 2. The summed E-state index contributed by atoms with van der Waals surface area (Å²) in [7, 11) is 0. The summed E-state index contributed by atoms with van der Waals surface area (Å²) in [6, 6.07) is 10.4. The largest absolute Gasteiger partial charge is 0.478 e. The number of hydrogen-bond acceptors (Lipinski definition) is 8. The predicted molar refractivity (Wildman–Crippen MR) is 114 cm³/mol. The standard InChI is InChI=1S/C22H24ClNO8/c23-13-3-2-11(21-20(28)19(27)18(26)17(9-25)32-21)7-12(13)5-10-1-4-15-14(6-10)24-8-16(31-15)22(29)30/h1-4,6-7,16-21,24-28H,5,8-9H2,(H,29,30)/t16?,17?,18?,19-,20+,21-/m0/s1. The summed E-state index contributed by atoms with van der Waals surface area (Å²) >= 11 is 6.39. The summed E-state index contributed by atoms with van der Waals surface area (Å²) in [6.07, 6.45) is -6.74. The van der Waals surface area contributed by atoms with Crippen molar-refractivity contribution < 1.29 is 39.8 Å². The Hall–Kier alpha value is -2.40. The maximum atomic E-state index is 11.1. The molecule has 0 saturated carbocycles. The number of carboxylic acid groups (broad SMARTS) is 1. The first kappa shape index (κ1) is 22.8. The molecule has 3 unspecified atom stereocenters. The van der Waals surface area contributed by atoms with Crippen LogP contribution in [-0.2, 0) is 16.0 Å². The quantitative estimate of drug-likeness (QED) is 0.375. The molecule has 6 N–H and O–H groups in total. The monoisotopic (exact) mass is 465 g/mol. The molecule has 1 saturated heterocycles. The van der Waals surface area contributed by atoms with E-state index in [0.717, 1.165) is 11.1 Å². The van der Waals surface area contributed by atoms with Crippen LogP contribution >= 0.6 is 11.6 Å². The molecule has 0 radical (unpaired) electrons. The molecular formula is C22H24ClNO8. The number of ether oxygens (including phenoxy) is 2. The smallest absolute Gasteiger partial charge is 0.346 e. The SMILES string of the molecule is O=C(O)C1CNc2cc(Cc3cc([C@@H]4OC(CO)C(O)[C@H](O)[C@H]4O)ccc3Cl)ccc2O1. The molecule has 1 fully saturated rings. The first-order chi connectivity index (χ1) is 15.3. The van der Waals surface area contributed by atoms with Crippen molar-refractivity contribution >= 4 is 23.3 Å². The first-order valence-electron chi connectivity index (χ1n) is 10.1. The minimum absolute atomic E-state index is 0.152. The molecule has 2 aromatic rings.